The number of carboxylic acid groups (broad SMARTS) is 1. The van der Waals surface area contributed by atoms with Gasteiger partial charge in [-0.05, 0) is 55.1 Å². The van der Waals surface area contributed by atoms with Gasteiger partial charge in [-0.1, -0.05) is 28.1 Å². The Morgan fingerprint density at radius 1 is 1.15 bits per heavy atom. The number of aliphatic carboxylic acids is 1. The summed E-state index contributed by atoms with van der Waals surface area (Å²) < 4.78 is 11.7. The average Bonchev–Trinajstić information content (AvgIpc) is 3.02. The summed E-state index contributed by atoms with van der Waals surface area (Å²) in [6.07, 6.45) is 1.41. The summed E-state index contributed by atoms with van der Waals surface area (Å²) in [7, 11) is 0. The Bertz CT molecular complexity index is 1120. The highest BCUT2D eigenvalue weighted by Gasteiger charge is 2.36. The Morgan fingerprint density at radius 2 is 1.88 bits per heavy atom. The number of benzene rings is 2. The van der Waals surface area contributed by atoms with Crippen LogP contribution in [0.2, 0.25) is 0 Å². The Morgan fingerprint density at radius 3 is 2.55 bits per heavy atom. The molecule has 0 saturated carbocycles. The van der Waals surface area contributed by atoms with Gasteiger partial charge in [-0.2, -0.15) is 0 Å². The molecule has 0 atom stereocenters. The molecule has 1 aliphatic rings. The van der Waals surface area contributed by atoms with Crippen LogP contribution in [-0.2, 0) is 14.4 Å². The zero-order valence-corrected chi connectivity index (χ0v) is 19.8. The highest BCUT2D eigenvalue weighted by molar-refractivity contribution is 9.10. The first-order chi connectivity index (χ1) is 15.8. The summed E-state index contributed by atoms with van der Waals surface area (Å²) in [4.78, 5) is 49.4. The van der Waals surface area contributed by atoms with E-state index >= 15 is 0 Å². The Hall–Kier alpha value is -3.31. The van der Waals surface area contributed by atoms with Crippen LogP contribution in [0.1, 0.15) is 12.5 Å². The van der Waals surface area contributed by atoms with Gasteiger partial charge in [0.25, 0.3) is 11.1 Å². The van der Waals surface area contributed by atoms with Crippen LogP contribution in [0.3, 0.4) is 0 Å². The van der Waals surface area contributed by atoms with E-state index in [1.54, 1.807) is 49.4 Å². The molecule has 0 aromatic heterocycles. The molecular formula is C22H19BrN2O7S. The van der Waals surface area contributed by atoms with Crippen LogP contribution < -0.4 is 14.8 Å². The van der Waals surface area contributed by atoms with Gasteiger partial charge in [0.1, 0.15) is 6.54 Å². The standard InChI is InChI=1S/C22H19BrN2O7S/c1-2-31-16-5-3-4-13(20(16)32-12-19(27)28)10-17-21(29)25(22(30)33-17)11-18(26)24-15-8-6-14(23)7-9-15/h3-10H,2,11-12H2,1H3,(H,24,26)(H,27,28)/b17-10-. The van der Waals surface area contributed by atoms with Crippen molar-refractivity contribution in [2.24, 2.45) is 0 Å². The van der Waals surface area contributed by atoms with Crippen LogP contribution >= 0.6 is 27.7 Å². The molecule has 1 aliphatic heterocycles. The molecule has 3 rings (SSSR count). The lowest BCUT2D eigenvalue weighted by Crippen LogP contribution is -2.36. The fourth-order valence-corrected chi connectivity index (χ4v) is 3.95. The molecule has 0 aliphatic carbocycles. The molecule has 33 heavy (non-hydrogen) atoms. The summed E-state index contributed by atoms with van der Waals surface area (Å²) in [6, 6.07) is 11.7. The van der Waals surface area contributed by atoms with Crippen LogP contribution in [-0.4, -0.2) is 52.8 Å². The number of nitrogens with one attached hydrogen (secondary N) is 1. The predicted octanol–water partition coefficient (Wildman–Crippen LogP) is 3.99. The van der Waals surface area contributed by atoms with Gasteiger partial charge in [-0.3, -0.25) is 19.3 Å². The maximum Gasteiger partial charge on any atom is 0.341 e. The van der Waals surface area contributed by atoms with Crippen molar-refractivity contribution in [1.29, 1.82) is 0 Å². The molecular weight excluding hydrogens is 516 g/mol. The number of carbonyl (C=O) groups is 4. The average molecular weight is 535 g/mol. The van der Waals surface area contributed by atoms with Crippen LogP contribution in [0.15, 0.2) is 51.8 Å². The van der Waals surface area contributed by atoms with Gasteiger partial charge < -0.3 is 19.9 Å². The molecule has 3 amide bonds. The number of anilines is 1. The normalized spacial score (nSPS) is 14.5. The quantitative estimate of drug-likeness (QED) is 0.463. The number of thioether (sulfide) groups is 1. The van der Waals surface area contributed by atoms with Gasteiger partial charge in [0, 0.05) is 15.7 Å². The number of imide groups is 1. The molecule has 1 fully saturated rings. The maximum atomic E-state index is 12.8. The third kappa shape index (κ3) is 6.36. The van der Waals surface area contributed by atoms with Crippen molar-refractivity contribution in [2.45, 2.75) is 6.92 Å². The number of rotatable bonds is 9. The van der Waals surface area contributed by atoms with Crippen LogP contribution in [0.25, 0.3) is 6.08 Å². The fraction of sp³-hybridized carbons (Fsp3) is 0.182. The Labute approximate surface area is 201 Å². The highest BCUT2D eigenvalue weighted by Crippen LogP contribution is 2.37. The second-order valence-corrected chi connectivity index (χ2v) is 8.52. The zero-order valence-electron chi connectivity index (χ0n) is 17.4. The van der Waals surface area contributed by atoms with Crippen LogP contribution in [0.5, 0.6) is 11.5 Å². The summed E-state index contributed by atoms with van der Waals surface area (Å²) in [5, 5.41) is 11.0. The minimum Gasteiger partial charge on any atom is -0.490 e. The lowest BCUT2D eigenvalue weighted by atomic mass is 10.1. The summed E-state index contributed by atoms with van der Waals surface area (Å²) in [5.41, 5.74) is 0.894. The van der Waals surface area contributed by atoms with E-state index in [0.29, 0.717) is 35.4 Å². The van der Waals surface area contributed by atoms with E-state index in [9.17, 15) is 19.2 Å². The molecule has 0 spiro atoms. The number of ether oxygens (including phenoxy) is 2. The summed E-state index contributed by atoms with van der Waals surface area (Å²) in [5.74, 6) is -1.89. The molecule has 11 heteroatoms. The monoisotopic (exact) mass is 534 g/mol. The van der Waals surface area contributed by atoms with Gasteiger partial charge in [-0.15, -0.1) is 0 Å². The largest absolute Gasteiger partial charge is 0.490 e. The lowest BCUT2D eigenvalue weighted by Gasteiger charge is -2.14. The fourth-order valence-electron chi connectivity index (χ4n) is 2.86. The third-order valence-electron chi connectivity index (χ3n) is 4.24. The third-order valence-corrected chi connectivity index (χ3v) is 5.68. The minimum atomic E-state index is -1.18. The number of para-hydroxylation sites is 1. The van der Waals surface area contributed by atoms with Gasteiger partial charge in [0.15, 0.2) is 18.1 Å². The second kappa shape index (κ2) is 11.0. The number of hydrogen-bond donors (Lipinski definition) is 2. The van der Waals surface area contributed by atoms with Crippen LogP contribution in [0, 0.1) is 0 Å². The molecule has 1 heterocycles. The summed E-state index contributed by atoms with van der Waals surface area (Å²) >= 11 is 3.98. The molecule has 172 valence electrons. The van der Waals surface area contributed by atoms with Crippen molar-refractivity contribution in [3.8, 4) is 11.5 Å². The van der Waals surface area contributed by atoms with Crippen molar-refractivity contribution in [2.75, 3.05) is 25.1 Å². The molecule has 0 radical (unpaired) electrons. The van der Waals surface area contributed by atoms with E-state index in [1.807, 2.05) is 0 Å². The van der Waals surface area contributed by atoms with Crippen molar-refractivity contribution in [3.05, 3.63) is 57.4 Å². The van der Waals surface area contributed by atoms with E-state index in [1.165, 1.54) is 6.08 Å². The molecule has 2 N–H and O–H groups in total. The van der Waals surface area contributed by atoms with Crippen molar-refractivity contribution < 1.29 is 33.8 Å². The first kappa shape index (κ1) is 24.3. The number of carbonyl (C=O) groups excluding carboxylic acids is 3. The van der Waals surface area contributed by atoms with Crippen molar-refractivity contribution in [1.82, 2.24) is 4.90 Å². The molecule has 1 saturated heterocycles. The van der Waals surface area contributed by atoms with Gasteiger partial charge in [0.2, 0.25) is 5.91 Å². The lowest BCUT2D eigenvalue weighted by molar-refractivity contribution is -0.139. The molecule has 0 bridgehead atoms. The predicted molar refractivity (Wildman–Crippen MR) is 126 cm³/mol. The number of nitrogens with zero attached hydrogens (tertiary/aromatic N) is 1. The number of carboxylic acids is 1. The first-order valence-electron chi connectivity index (χ1n) is 9.69. The minimum absolute atomic E-state index is 0.0743. The zero-order chi connectivity index (χ0) is 24.0. The summed E-state index contributed by atoms with van der Waals surface area (Å²) in [6.45, 7) is 1.03. The Balaban J connectivity index is 1.78. The molecule has 2 aromatic rings. The smallest absolute Gasteiger partial charge is 0.341 e. The number of amides is 3. The second-order valence-electron chi connectivity index (χ2n) is 6.61. The van der Waals surface area contributed by atoms with E-state index in [2.05, 4.69) is 21.2 Å². The number of halogens is 1. The highest BCUT2D eigenvalue weighted by atomic mass is 79.9. The molecule has 0 unspecified atom stereocenters. The Kier molecular flexibility index (Phi) is 8.12. The molecule has 2 aromatic carbocycles. The van der Waals surface area contributed by atoms with Crippen LogP contribution in [0.4, 0.5) is 10.5 Å². The van der Waals surface area contributed by atoms with E-state index < -0.39 is 36.2 Å². The van der Waals surface area contributed by atoms with Gasteiger partial charge >= 0.3 is 5.97 Å². The maximum absolute atomic E-state index is 12.8. The van der Waals surface area contributed by atoms with E-state index in [4.69, 9.17) is 14.6 Å². The first-order valence-corrected chi connectivity index (χ1v) is 11.3. The van der Waals surface area contributed by atoms with Gasteiger partial charge in [-0.25, -0.2) is 4.79 Å². The van der Waals surface area contributed by atoms with Crippen molar-refractivity contribution in [3.63, 3.8) is 0 Å². The molecule has 9 nitrogen and oxygen atoms in total. The van der Waals surface area contributed by atoms with E-state index in [-0.39, 0.29) is 10.7 Å². The van der Waals surface area contributed by atoms with Gasteiger partial charge in [0.05, 0.1) is 11.5 Å². The number of hydrogen-bond acceptors (Lipinski definition) is 7. The van der Waals surface area contributed by atoms with Crippen molar-refractivity contribution >= 4 is 62.5 Å². The van der Waals surface area contributed by atoms with E-state index in [0.717, 1.165) is 9.37 Å². The SMILES string of the molecule is CCOc1cccc(/C=C2\SC(=O)N(CC(=O)Nc3ccc(Br)cc3)C2=O)c1OCC(=O)O. The topological polar surface area (TPSA) is 122 Å².